The number of anilines is 1. The van der Waals surface area contributed by atoms with Crippen molar-refractivity contribution in [2.24, 2.45) is 0 Å². The fraction of sp³-hybridized carbons (Fsp3) is 0.333. The van der Waals surface area contributed by atoms with Crippen LogP contribution in [-0.4, -0.2) is 35.9 Å². The standard InChI is InChI=1S/C18H19N3O2S/c1-13-11-24-17-16(13)18(22)21(12-19-17)10-14-4-2-3-5-15(14)20-6-8-23-9-7-20/h2-5,11-12H,6-10H2,1H3. The number of benzene rings is 1. The molecule has 1 aliphatic rings. The SMILES string of the molecule is Cc1csc2ncn(Cc3ccccc3N3CCOCC3)c(=O)c12. The van der Waals surface area contributed by atoms with Gasteiger partial charge in [-0.25, -0.2) is 4.98 Å². The largest absolute Gasteiger partial charge is 0.378 e. The number of ether oxygens (including phenoxy) is 1. The van der Waals surface area contributed by atoms with Crippen molar-refractivity contribution < 1.29 is 4.74 Å². The molecule has 3 heterocycles. The Labute approximate surface area is 144 Å². The van der Waals surface area contributed by atoms with E-state index in [-0.39, 0.29) is 5.56 Å². The van der Waals surface area contributed by atoms with Crippen LogP contribution in [0.2, 0.25) is 0 Å². The summed E-state index contributed by atoms with van der Waals surface area (Å²) in [6.45, 7) is 5.75. The molecule has 0 spiro atoms. The fourth-order valence-electron chi connectivity index (χ4n) is 3.16. The maximum atomic E-state index is 12.8. The van der Waals surface area contributed by atoms with Gasteiger partial charge < -0.3 is 9.64 Å². The smallest absolute Gasteiger partial charge is 0.262 e. The number of rotatable bonds is 3. The van der Waals surface area contributed by atoms with Gasteiger partial charge in [0.1, 0.15) is 4.83 Å². The molecule has 2 aromatic heterocycles. The highest BCUT2D eigenvalue weighted by Crippen LogP contribution is 2.23. The summed E-state index contributed by atoms with van der Waals surface area (Å²) >= 11 is 1.52. The first kappa shape index (κ1) is 15.4. The molecule has 0 unspecified atom stereocenters. The van der Waals surface area contributed by atoms with Gasteiger partial charge in [-0.15, -0.1) is 11.3 Å². The predicted octanol–water partition coefficient (Wildman–Crippen LogP) is 2.65. The summed E-state index contributed by atoms with van der Waals surface area (Å²) in [5.41, 5.74) is 3.35. The molecular weight excluding hydrogens is 322 g/mol. The predicted molar refractivity (Wildman–Crippen MR) is 97.2 cm³/mol. The number of nitrogens with zero attached hydrogens (tertiary/aromatic N) is 3. The van der Waals surface area contributed by atoms with E-state index in [1.165, 1.54) is 17.0 Å². The number of morpholine rings is 1. The zero-order valence-corrected chi connectivity index (χ0v) is 14.4. The minimum absolute atomic E-state index is 0.0375. The molecule has 1 saturated heterocycles. The summed E-state index contributed by atoms with van der Waals surface area (Å²) in [5.74, 6) is 0. The van der Waals surface area contributed by atoms with Crippen LogP contribution in [0.1, 0.15) is 11.1 Å². The van der Waals surface area contributed by atoms with Crippen molar-refractivity contribution in [1.82, 2.24) is 9.55 Å². The summed E-state index contributed by atoms with van der Waals surface area (Å²) in [4.78, 5) is 20.4. The summed E-state index contributed by atoms with van der Waals surface area (Å²) < 4.78 is 7.15. The van der Waals surface area contributed by atoms with Gasteiger partial charge in [-0.1, -0.05) is 18.2 Å². The Morgan fingerprint density at radius 2 is 2.04 bits per heavy atom. The van der Waals surface area contributed by atoms with E-state index in [0.29, 0.717) is 6.54 Å². The normalized spacial score (nSPS) is 15.1. The Kier molecular flexibility index (Phi) is 4.08. The lowest BCUT2D eigenvalue weighted by Crippen LogP contribution is -2.37. The van der Waals surface area contributed by atoms with Crippen molar-refractivity contribution in [2.75, 3.05) is 31.2 Å². The van der Waals surface area contributed by atoms with E-state index >= 15 is 0 Å². The van der Waals surface area contributed by atoms with E-state index in [1.54, 1.807) is 10.9 Å². The number of hydrogen-bond donors (Lipinski definition) is 0. The molecule has 1 aromatic carbocycles. The highest BCUT2D eigenvalue weighted by atomic mass is 32.1. The summed E-state index contributed by atoms with van der Waals surface area (Å²) in [6.07, 6.45) is 1.66. The maximum absolute atomic E-state index is 12.8. The van der Waals surface area contributed by atoms with E-state index in [2.05, 4.69) is 22.0 Å². The molecule has 0 saturated carbocycles. The van der Waals surface area contributed by atoms with Gasteiger partial charge in [-0.2, -0.15) is 0 Å². The number of aryl methyl sites for hydroxylation is 1. The van der Waals surface area contributed by atoms with E-state index < -0.39 is 0 Å². The number of para-hydroxylation sites is 1. The lowest BCUT2D eigenvalue weighted by molar-refractivity contribution is 0.122. The molecule has 4 rings (SSSR count). The van der Waals surface area contributed by atoms with Crippen LogP contribution in [-0.2, 0) is 11.3 Å². The van der Waals surface area contributed by atoms with E-state index in [9.17, 15) is 4.79 Å². The molecule has 0 aliphatic carbocycles. The molecular formula is C18H19N3O2S. The van der Waals surface area contributed by atoms with Crippen LogP contribution in [0, 0.1) is 6.92 Å². The number of hydrogen-bond acceptors (Lipinski definition) is 5. The second kappa shape index (κ2) is 6.37. The first-order valence-corrected chi connectivity index (χ1v) is 8.96. The molecule has 0 radical (unpaired) electrons. The maximum Gasteiger partial charge on any atom is 0.262 e. The highest BCUT2D eigenvalue weighted by Gasteiger charge is 2.16. The van der Waals surface area contributed by atoms with Crippen molar-refractivity contribution in [2.45, 2.75) is 13.5 Å². The van der Waals surface area contributed by atoms with Gasteiger partial charge in [0.15, 0.2) is 0 Å². The molecule has 24 heavy (non-hydrogen) atoms. The molecule has 0 bridgehead atoms. The third-order valence-electron chi connectivity index (χ3n) is 4.43. The lowest BCUT2D eigenvalue weighted by Gasteiger charge is -2.30. The third kappa shape index (κ3) is 2.72. The van der Waals surface area contributed by atoms with Gasteiger partial charge >= 0.3 is 0 Å². The first-order chi connectivity index (χ1) is 11.7. The van der Waals surface area contributed by atoms with Crippen molar-refractivity contribution in [3.63, 3.8) is 0 Å². The second-order valence-corrected chi connectivity index (χ2v) is 6.86. The van der Waals surface area contributed by atoms with Crippen LogP contribution < -0.4 is 10.5 Å². The van der Waals surface area contributed by atoms with Crippen molar-refractivity contribution in [3.05, 3.63) is 57.5 Å². The Bertz CT molecular complexity index is 925. The molecule has 0 N–H and O–H groups in total. The van der Waals surface area contributed by atoms with Crippen molar-refractivity contribution >= 4 is 27.2 Å². The summed E-state index contributed by atoms with van der Waals surface area (Å²) in [7, 11) is 0. The minimum Gasteiger partial charge on any atom is -0.378 e. The van der Waals surface area contributed by atoms with E-state index in [4.69, 9.17) is 4.74 Å². The lowest BCUT2D eigenvalue weighted by atomic mass is 10.1. The quantitative estimate of drug-likeness (QED) is 0.735. The Balaban J connectivity index is 1.72. The molecule has 0 atom stereocenters. The average Bonchev–Trinajstić information content (AvgIpc) is 3.00. The fourth-order valence-corrected chi connectivity index (χ4v) is 4.04. The molecule has 1 aliphatic heterocycles. The molecule has 0 amide bonds. The summed E-state index contributed by atoms with van der Waals surface area (Å²) in [6, 6.07) is 8.27. The van der Waals surface area contributed by atoms with Crippen LogP contribution in [0.4, 0.5) is 5.69 Å². The highest BCUT2D eigenvalue weighted by molar-refractivity contribution is 7.16. The monoisotopic (exact) mass is 341 g/mol. The van der Waals surface area contributed by atoms with Gasteiger partial charge in [-0.3, -0.25) is 9.36 Å². The third-order valence-corrected chi connectivity index (χ3v) is 5.43. The van der Waals surface area contributed by atoms with Crippen LogP contribution in [0.3, 0.4) is 0 Å². The molecule has 1 fully saturated rings. The van der Waals surface area contributed by atoms with Crippen molar-refractivity contribution in [3.8, 4) is 0 Å². The number of thiophene rings is 1. The van der Waals surface area contributed by atoms with Gasteiger partial charge in [0, 0.05) is 18.8 Å². The first-order valence-electron chi connectivity index (χ1n) is 8.08. The van der Waals surface area contributed by atoms with Crippen LogP contribution in [0.5, 0.6) is 0 Å². The van der Waals surface area contributed by atoms with E-state index in [1.807, 2.05) is 24.4 Å². The molecule has 5 nitrogen and oxygen atoms in total. The van der Waals surface area contributed by atoms with Crippen LogP contribution >= 0.6 is 11.3 Å². The van der Waals surface area contributed by atoms with Gasteiger partial charge in [0.25, 0.3) is 5.56 Å². The van der Waals surface area contributed by atoms with Gasteiger partial charge in [-0.05, 0) is 29.5 Å². The second-order valence-electron chi connectivity index (χ2n) is 6.00. The Hall–Kier alpha value is -2.18. The zero-order valence-electron chi connectivity index (χ0n) is 13.6. The van der Waals surface area contributed by atoms with Gasteiger partial charge in [0.05, 0.1) is 31.5 Å². The number of aromatic nitrogens is 2. The van der Waals surface area contributed by atoms with Crippen LogP contribution in [0.15, 0.2) is 40.8 Å². The molecule has 6 heteroatoms. The average molecular weight is 341 g/mol. The van der Waals surface area contributed by atoms with Crippen molar-refractivity contribution in [1.29, 1.82) is 0 Å². The molecule has 124 valence electrons. The van der Waals surface area contributed by atoms with Crippen LogP contribution in [0.25, 0.3) is 10.2 Å². The van der Waals surface area contributed by atoms with Gasteiger partial charge in [0.2, 0.25) is 0 Å². The molecule has 3 aromatic rings. The van der Waals surface area contributed by atoms with E-state index in [0.717, 1.165) is 47.6 Å². The minimum atomic E-state index is 0.0375. The zero-order chi connectivity index (χ0) is 16.5. The Morgan fingerprint density at radius 3 is 2.88 bits per heavy atom. The number of fused-ring (bicyclic) bond motifs is 1. The topological polar surface area (TPSA) is 47.4 Å². The Morgan fingerprint density at radius 1 is 1.25 bits per heavy atom. The summed E-state index contributed by atoms with van der Waals surface area (Å²) in [5, 5.41) is 2.73.